The summed E-state index contributed by atoms with van der Waals surface area (Å²) in [4.78, 5) is 36.9. The Morgan fingerprint density at radius 2 is 2.19 bits per heavy atom. The Hall–Kier alpha value is -1.91. The number of rotatable bonds is 1. The second-order valence-electron chi connectivity index (χ2n) is 3.69. The zero-order valence-electron chi connectivity index (χ0n) is 8.78. The monoisotopic (exact) mass is 221 g/mol. The number of hydrogen-bond acceptors (Lipinski definition) is 4. The van der Waals surface area contributed by atoms with Crippen LogP contribution in [0.4, 0.5) is 0 Å². The first-order valence-corrected chi connectivity index (χ1v) is 4.97. The Morgan fingerprint density at radius 1 is 1.44 bits per heavy atom. The van der Waals surface area contributed by atoms with E-state index in [1.807, 2.05) is 0 Å². The number of aromatic nitrogens is 1. The molecule has 0 saturated heterocycles. The van der Waals surface area contributed by atoms with Crippen molar-refractivity contribution in [1.82, 2.24) is 4.98 Å². The summed E-state index contributed by atoms with van der Waals surface area (Å²) in [5, 5.41) is 0. The lowest BCUT2D eigenvalue weighted by Gasteiger charge is -2.20. The van der Waals surface area contributed by atoms with E-state index in [1.54, 1.807) is 0 Å². The van der Waals surface area contributed by atoms with Gasteiger partial charge in [-0.15, -0.1) is 0 Å². The van der Waals surface area contributed by atoms with Gasteiger partial charge in [0.25, 0.3) is 0 Å². The fraction of sp³-hybridized carbons (Fsp3) is 0.364. The minimum atomic E-state index is -0.733. The lowest BCUT2D eigenvalue weighted by atomic mass is 9.85. The van der Waals surface area contributed by atoms with Gasteiger partial charge in [-0.3, -0.25) is 14.4 Å². The fourth-order valence-electron chi connectivity index (χ4n) is 1.92. The van der Waals surface area contributed by atoms with Gasteiger partial charge in [0.1, 0.15) is 5.92 Å². The summed E-state index contributed by atoms with van der Waals surface area (Å²) in [5.41, 5.74) is 0.793. The number of pyridine rings is 1. The minimum Gasteiger partial charge on any atom is -0.468 e. The number of Topliss-reactive ketones (excluding diaryl/α,β-unsaturated/α-hetero) is 1. The van der Waals surface area contributed by atoms with Gasteiger partial charge in [0.2, 0.25) is 5.56 Å². The maximum absolute atomic E-state index is 11.9. The van der Waals surface area contributed by atoms with Gasteiger partial charge in [-0.2, -0.15) is 0 Å². The minimum absolute atomic E-state index is 0.233. The van der Waals surface area contributed by atoms with Crippen molar-refractivity contribution in [1.29, 1.82) is 0 Å². The summed E-state index contributed by atoms with van der Waals surface area (Å²) >= 11 is 0. The van der Waals surface area contributed by atoms with Crippen LogP contribution in [-0.2, 0) is 16.0 Å². The molecule has 0 aliphatic heterocycles. The van der Waals surface area contributed by atoms with Crippen LogP contribution in [0.3, 0.4) is 0 Å². The molecule has 16 heavy (non-hydrogen) atoms. The van der Waals surface area contributed by atoms with Crippen molar-refractivity contribution >= 4 is 11.8 Å². The number of nitrogens with one attached hydrogen (secondary N) is 1. The Labute approximate surface area is 91.4 Å². The van der Waals surface area contributed by atoms with Crippen LogP contribution in [0, 0.1) is 5.92 Å². The number of H-pyrrole nitrogens is 1. The number of methoxy groups -OCH3 is 1. The molecule has 1 aromatic heterocycles. The van der Waals surface area contributed by atoms with Crippen LogP contribution in [0.25, 0.3) is 0 Å². The van der Waals surface area contributed by atoms with Crippen LogP contribution in [0.2, 0.25) is 0 Å². The zero-order valence-corrected chi connectivity index (χ0v) is 8.78. The van der Waals surface area contributed by atoms with Crippen molar-refractivity contribution in [2.45, 2.75) is 12.8 Å². The van der Waals surface area contributed by atoms with Gasteiger partial charge in [0, 0.05) is 17.3 Å². The van der Waals surface area contributed by atoms with E-state index >= 15 is 0 Å². The molecule has 0 amide bonds. The Bertz CT molecular complexity index is 503. The van der Waals surface area contributed by atoms with Crippen molar-refractivity contribution in [2.24, 2.45) is 5.92 Å². The van der Waals surface area contributed by atoms with Crippen molar-refractivity contribution in [3.05, 3.63) is 33.7 Å². The predicted octanol–water partition coefficient (Wildman–Crippen LogP) is 0.293. The Morgan fingerprint density at radius 3 is 2.88 bits per heavy atom. The smallest absolute Gasteiger partial charge is 0.316 e. The lowest BCUT2D eigenvalue weighted by molar-refractivity contribution is -0.143. The molecule has 0 fully saturated rings. The van der Waals surface area contributed by atoms with E-state index < -0.39 is 11.9 Å². The Balaban J connectivity index is 2.40. The van der Waals surface area contributed by atoms with Crippen molar-refractivity contribution in [3.63, 3.8) is 0 Å². The van der Waals surface area contributed by atoms with Crippen LogP contribution in [0.15, 0.2) is 16.9 Å². The molecule has 1 heterocycles. The SMILES string of the molecule is COC(=O)[C@H]1CCc2[nH]c(=O)ccc2C1=O. The van der Waals surface area contributed by atoms with Gasteiger partial charge < -0.3 is 9.72 Å². The quantitative estimate of drug-likeness (QED) is 0.546. The highest BCUT2D eigenvalue weighted by atomic mass is 16.5. The highest BCUT2D eigenvalue weighted by Crippen LogP contribution is 2.23. The van der Waals surface area contributed by atoms with Gasteiger partial charge in [-0.25, -0.2) is 0 Å². The second kappa shape index (κ2) is 3.92. The average Bonchev–Trinajstić information content (AvgIpc) is 2.28. The van der Waals surface area contributed by atoms with Crippen LogP contribution in [0.5, 0.6) is 0 Å². The third-order valence-electron chi connectivity index (χ3n) is 2.75. The first-order chi connectivity index (χ1) is 7.63. The standard InChI is InChI=1S/C11H11NO4/c1-16-11(15)7-2-4-8-6(10(7)14)3-5-9(13)12-8/h3,5,7H,2,4H2,1H3,(H,12,13)/t7-/m0/s1. The molecule has 0 spiro atoms. The molecule has 0 saturated carbocycles. The maximum Gasteiger partial charge on any atom is 0.316 e. The van der Waals surface area contributed by atoms with E-state index in [2.05, 4.69) is 9.72 Å². The summed E-state index contributed by atoms with van der Waals surface area (Å²) in [6.07, 6.45) is 0.898. The normalized spacial score (nSPS) is 19.1. The number of aromatic amines is 1. The van der Waals surface area contributed by atoms with Crippen LogP contribution >= 0.6 is 0 Å². The van der Waals surface area contributed by atoms with Gasteiger partial charge in [-0.1, -0.05) is 0 Å². The van der Waals surface area contributed by atoms with E-state index in [1.165, 1.54) is 19.2 Å². The third kappa shape index (κ3) is 1.64. The van der Waals surface area contributed by atoms with Gasteiger partial charge >= 0.3 is 5.97 Å². The number of carbonyl (C=O) groups is 2. The number of esters is 1. The van der Waals surface area contributed by atoms with E-state index in [9.17, 15) is 14.4 Å². The molecule has 5 heteroatoms. The topological polar surface area (TPSA) is 76.2 Å². The average molecular weight is 221 g/mol. The van der Waals surface area contributed by atoms with E-state index in [0.29, 0.717) is 24.1 Å². The van der Waals surface area contributed by atoms with E-state index in [4.69, 9.17) is 0 Å². The third-order valence-corrected chi connectivity index (χ3v) is 2.75. The van der Waals surface area contributed by atoms with Gasteiger partial charge in [-0.05, 0) is 18.9 Å². The number of carbonyl (C=O) groups excluding carboxylic acids is 2. The summed E-state index contributed by atoms with van der Waals surface area (Å²) in [6.45, 7) is 0. The molecule has 5 nitrogen and oxygen atoms in total. The molecular formula is C11H11NO4. The number of aryl methyl sites for hydroxylation is 1. The number of hydrogen-bond donors (Lipinski definition) is 1. The molecule has 1 atom stereocenters. The molecule has 1 N–H and O–H groups in total. The maximum atomic E-state index is 11.9. The van der Waals surface area contributed by atoms with E-state index in [-0.39, 0.29) is 11.3 Å². The largest absolute Gasteiger partial charge is 0.468 e. The van der Waals surface area contributed by atoms with Gasteiger partial charge in [0.05, 0.1) is 7.11 Å². The van der Waals surface area contributed by atoms with Crippen molar-refractivity contribution in [3.8, 4) is 0 Å². The number of ketones is 1. The lowest BCUT2D eigenvalue weighted by Crippen LogP contribution is -2.32. The number of ether oxygens (including phenoxy) is 1. The fourth-order valence-corrected chi connectivity index (χ4v) is 1.92. The van der Waals surface area contributed by atoms with Crippen molar-refractivity contribution in [2.75, 3.05) is 7.11 Å². The molecular weight excluding hydrogens is 210 g/mol. The first kappa shape index (κ1) is 10.6. The molecule has 0 unspecified atom stereocenters. The molecule has 0 bridgehead atoms. The molecule has 0 aromatic carbocycles. The van der Waals surface area contributed by atoms with Crippen LogP contribution in [-0.4, -0.2) is 23.8 Å². The summed E-state index contributed by atoms with van der Waals surface area (Å²) < 4.78 is 4.57. The first-order valence-electron chi connectivity index (χ1n) is 4.97. The highest BCUT2D eigenvalue weighted by molar-refractivity contribution is 6.09. The Kier molecular flexibility index (Phi) is 2.60. The highest BCUT2D eigenvalue weighted by Gasteiger charge is 2.33. The number of fused-ring (bicyclic) bond motifs is 1. The molecule has 1 aliphatic rings. The van der Waals surface area contributed by atoms with Crippen LogP contribution < -0.4 is 5.56 Å². The zero-order chi connectivity index (χ0) is 11.7. The van der Waals surface area contributed by atoms with Gasteiger partial charge in [0.15, 0.2) is 5.78 Å². The second-order valence-corrected chi connectivity index (χ2v) is 3.69. The summed E-state index contributed by atoms with van der Waals surface area (Å²) in [6, 6.07) is 2.75. The molecule has 0 radical (unpaired) electrons. The van der Waals surface area contributed by atoms with Crippen molar-refractivity contribution < 1.29 is 14.3 Å². The molecule has 84 valence electrons. The predicted molar refractivity (Wildman–Crippen MR) is 55.2 cm³/mol. The molecule has 1 aliphatic carbocycles. The van der Waals surface area contributed by atoms with Crippen LogP contribution in [0.1, 0.15) is 22.5 Å². The summed E-state index contributed by atoms with van der Waals surface area (Å²) in [7, 11) is 1.26. The molecule has 2 rings (SSSR count). The van der Waals surface area contributed by atoms with E-state index in [0.717, 1.165) is 0 Å². The molecule has 1 aromatic rings. The summed E-state index contributed by atoms with van der Waals surface area (Å²) in [5.74, 6) is -1.52.